The molecular weight excluding hydrogens is 470 g/mol. The first kappa shape index (κ1) is 26.8. The lowest BCUT2D eigenvalue weighted by molar-refractivity contribution is -0.183. The van der Waals surface area contributed by atoms with E-state index in [9.17, 15) is 15.0 Å². The van der Waals surface area contributed by atoms with E-state index < -0.39 is 0 Å². The summed E-state index contributed by atoms with van der Waals surface area (Å²) < 4.78 is 0. The van der Waals surface area contributed by atoms with Crippen molar-refractivity contribution < 1.29 is 15.0 Å². The lowest BCUT2D eigenvalue weighted by Crippen LogP contribution is -2.59. The number of fused-ring (bicyclic) bond motifs is 6. The van der Waals surface area contributed by atoms with Crippen molar-refractivity contribution in [3.05, 3.63) is 35.4 Å². The van der Waals surface area contributed by atoms with Gasteiger partial charge in [0.15, 0.2) is 0 Å². The van der Waals surface area contributed by atoms with Crippen molar-refractivity contribution in [1.82, 2.24) is 4.90 Å². The number of hydrogen-bond donors (Lipinski definition) is 2. The minimum atomic E-state index is -0.228. The van der Waals surface area contributed by atoms with E-state index in [4.69, 9.17) is 0 Å². The average Bonchev–Trinajstić information content (AvgIpc) is 3.19. The van der Waals surface area contributed by atoms with Crippen LogP contribution in [0.5, 0.6) is 0 Å². The van der Waals surface area contributed by atoms with Crippen molar-refractivity contribution in [2.75, 3.05) is 6.54 Å². The highest BCUT2D eigenvalue weighted by Gasteiger charge is 2.66. The highest BCUT2D eigenvalue weighted by molar-refractivity contribution is 5.76. The molecule has 0 aromatic heterocycles. The van der Waals surface area contributed by atoms with Crippen LogP contribution in [-0.4, -0.2) is 39.8 Å². The lowest BCUT2D eigenvalue weighted by atomic mass is 9.42. The normalized spacial score (nSPS) is 44.9. The van der Waals surface area contributed by atoms with Crippen molar-refractivity contribution in [2.45, 2.75) is 117 Å². The molecule has 1 heterocycles. The second kappa shape index (κ2) is 9.61. The van der Waals surface area contributed by atoms with E-state index in [1.54, 1.807) is 0 Å². The summed E-state index contributed by atoms with van der Waals surface area (Å²) in [6.45, 7) is 11.6. The molecule has 0 radical (unpaired) electrons. The molecule has 1 unspecified atom stereocenters. The van der Waals surface area contributed by atoms with Crippen molar-refractivity contribution in [2.24, 2.45) is 45.8 Å². The second-order valence-corrected chi connectivity index (χ2v) is 14.9. The summed E-state index contributed by atoms with van der Waals surface area (Å²) in [5, 5.41) is 21.9. The van der Waals surface area contributed by atoms with Crippen molar-refractivity contribution in [3.8, 4) is 0 Å². The fourth-order valence-electron chi connectivity index (χ4n) is 10.8. The van der Waals surface area contributed by atoms with Gasteiger partial charge in [0.2, 0.25) is 5.91 Å². The van der Waals surface area contributed by atoms with E-state index in [0.717, 1.165) is 51.6 Å². The standard InChI is InChI=1S/C34H51NO3/c1-22(9-10-30(38)35-18-14-23-7-5-6-8-24(23)21-35)33(3)16-13-28-31-27(12-17-34(28,33)4)32(2)15-11-26(36)19-25(32)20-29(31)37/h5-8,22,25-29,31,36-37H,9-21H2,1-4H3/t22-,25+,26-,27?,28+,29-,31-,32+,33-,34+/m1/s1. The Morgan fingerprint density at radius 1 is 1.00 bits per heavy atom. The molecule has 4 heteroatoms. The smallest absolute Gasteiger partial charge is 0.222 e. The Morgan fingerprint density at radius 3 is 2.53 bits per heavy atom. The maximum Gasteiger partial charge on any atom is 0.222 e. The zero-order valence-corrected chi connectivity index (χ0v) is 24.3. The number of amides is 1. The molecule has 6 rings (SSSR count). The van der Waals surface area contributed by atoms with Crippen LogP contribution in [0.25, 0.3) is 0 Å². The minimum Gasteiger partial charge on any atom is -0.393 e. The predicted molar refractivity (Wildman–Crippen MR) is 151 cm³/mol. The Morgan fingerprint density at radius 2 is 1.74 bits per heavy atom. The van der Waals surface area contributed by atoms with Crippen molar-refractivity contribution in [3.63, 3.8) is 0 Å². The molecule has 4 nitrogen and oxygen atoms in total. The molecule has 2 N–H and O–H groups in total. The molecule has 1 aliphatic heterocycles. The molecular formula is C34H51NO3. The van der Waals surface area contributed by atoms with Gasteiger partial charge in [-0.2, -0.15) is 0 Å². The average molecular weight is 522 g/mol. The van der Waals surface area contributed by atoms with E-state index in [-0.39, 0.29) is 28.5 Å². The fourth-order valence-corrected chi connectivity index (χ4v) is 10.8. The summed E-state index contributed by atoms with van der Waals surface area (Å²) in [6.07, 6.45) is 10.9. The van der Waals surface area contributed by atoms with Crippen LogP contribution in [0.15, 0.2) is 24.3 Å². The largest absolute Gasteiger partial charge is 0.393 e. The zero-order chi connectivity index (χ0) is 26.9. The molecule has 1 amide bonds. The molecule has 210 valence electrons. The summed E-state index contributed by atoms with van der Waals surface area (Å²) in [7, 11) is 0. The molecule has 1 aromatic carbocycles. The maximum absolute atomic E-state index is 13.3. The number of carbonyl (C=O) groups excluding carboxylic acids is 1. The quantitative estimate of drug-likeness (QED) is 0.484. The number of benzene rings is 1. The molecule has 0 spiro atoms. The zero-order valence-electron chi connectivity index (χ0n) is 24.3. The molecule has 1 aromatic rings. The molecule has 5 aliphatic rings. The van der Waals surface area contributed by atoms with E-state index in [0.29, 0.717) is 41.9 Å². The van der Waals surface area contributed by atoms with Crippen LogP contribution in [0.1, 0.15) is 103 Å². The number of aliphatic hydroxyl groups is 2. The van der Waals surface area contributed by atoms with E-state index >= 15 is 0 Å². The van der Waals surface area contributed by atoms with Crippen LogP contribution >= 0.6 is 0 Å². The van der Waals surface area contributed by atoms with Gasteiger partial charge in [0.05, 0.1) is 12.2 Å². The Balaban J connectivity index is 1.14. The van der Waals surface area contributed by atoms with E-state index in [2.05, 4.69) is 56.9 Å². The summed E-state index contributed by atoms with van der Waals surface area (Å²) in [4.78, 5) is 15.4. The van der Waals surface area contributed by atoms with Gasteiger partial charge in [0.25, 0.3) is 0 Å². The van der Waals surface area contributed by atoms with Gasteiger partial charge in [-0.05, 0) is 121 Å². The topological polar surface area (TPSA) is 60.8 Å². The van der Waals surface area contributed by atoms with Gasteiger partial charge in [-0.25, -0.2) is 0 Å². The van der Waals surface area contributed by atoms with Gasteiger partial charge < -0.3 is 15.1 Å². The van der Waals surface area contributed by atoms with E-state index in [1.807, 2.05) is 0 Å². The van der Waals surface area contributed by atoms with Crippen LogP contribution in [0.2, 0.25) is 0 Å². The van der Waals surface area contributed by atoms with Crippen molar-refractivity contribution >= 4 is 5.91 Å². The van der Waals surface area contributed by atoms with Crippen LogP contribution in [0.4, 0.5) is 0 Å². The number of nitrogens with zero attached hydrogens (tertiary/aromatic N) is 1. The fraction of sp³-hybridized carbons (Fsp3) is 0.794. The third-order valence-corrected chi connectivity index (χ3v) is 13.7. The Bertz CT molecular complexity index is 1060. The van der Waals surface area contributed by atoms with Gasteiger partial charge in [0, 0.05) is 19.5 Å². The lowest BCUT2D eigenvalue weighted by Gasteiger charge is -2.63. The van der Waals surface area contributed by atoms with Crippen molar-refractivity contribution in [1.29, 1.82) is 0 Å². The molecule has 38 heavy (non-hydrogen) atoms. The third kappa shape index (κ3) is 4.02. The van der Waals surface area contributed by atoms with Crippen LogP contribution in [-0.2, 0) is 17.8 Å². The SMILES string of the molecule is C[C@H](CCC(=O)N1CCc2ccccc2C1)[C@@]1(C)CC[C@H]2[C@H]3C(CC[C@@]21C)[C@@]1(C)CC[C@@H](O)C[C@H]1C[C@H]3O. The summed E-state index contributed by atoms with van der Waals surface area (Å²) in [5.41, 5.74) is 3.41. The maximum atomic E-state index is 13.3. The number of rotatable bonds is 4. The van der Waals surface area contributed by atoms with Gasteiger partial charge in [-0.3, -0.25) is 4.79 Å². The molecule has 4 aliphatic carbocycles. The molecule has 4 saturated carbocycles. The minimum absolute atomic E-state index is 0.177. The Hall–Kier alpha value is -1.39. The first-order valence-corrected chi connectivity index (χ1v) is 15.8. The molecule has 0 bridgehead atoms. The predicted octanol–water partition coefficient (Wildman–Crippen LogP) is 6.37. The summed E-state index contributed by atoms with van der Waals surface area (Å²) >= 11 is 0. The highest BCUT2D eigenvalue weighted by Crippen LogP contribution is 2.72. The molecule has 0 saturated heterocycles. The second-order valence-electron chi connectivity index (χ2n) is 14.9. The van der Waals surface area contributed by atoms with E-state index in [1.165, 1.54) is 36.8 Å². The van der Waals surface area contributed by atoms with Gasteiger partial charge in [-0.1, -0.05) is 52.0 Å². The van der Waals surface area contributed by atoms with Gasteiger partial charge >= 0.3 is 0 Å². The molecule has 4 fully saturated rings. The highest BCUT2D eigenvalue weighted by atomic mass is 16.3. The molecule has 10 atom stereocenters. The van der Waals surface area contributed by atoms with Crippen LogP contribution in [0, 0.1) is 45.8 Å². The number of aliphatic hydroxyl groups excluding tert-OH is 2. The Kier molecular flexibility index (Phi) is 6.78. The third-order valence-electron chi connectivity index (χ3n) is 13.7. The summed E-state index contributed by atoms with van der Waals surface area (Å²) in [6, 6.07) is 8.56. The Labute approximate surface area is 230 Å². The monoisotopic (exact) mass is 521 g/mol. The van der Waals surface area contributed by atoms with Crippen LogP contribution in [0.3, 0.4) is 0 Å². The first-order valence-electron chi connectivity index (χ1n) is 15.8. The van der Waals surface area contributed by atoms with Crippen LogP contribution < -0.4 is 0 Å². The van der Waals surface area contributed by atoms with Gasteiger partial charge in [-0.15, -0.1) is 0 Å². The number of hydrogen-bond acceptors (Lipinski definition) is 3. The summed E-state index contributed by atoms with van der Waals surface area (Å²) in [5.74, 6) is 2.83. The van der Waals surface area contributed by atoms with Gasteiger partial charge in [0.1, 0.15) is 0 Å². The first-order chi connectivity index (χ1) is 18.1. The number of carbonyl (C=O) groups is 1.